The van der Waals surface area contributed by atoms with Crippen LogP contribution in [-0.4, -0.2) is 12.0 Å². The van der Waals surface area contributed by atoms with Gasteiger partial charge in [-0.1, -0.05) is 17.7 Å². The van der Waals surface area contributed by atoms with E-state index in [2.05, 4.69) is 43.2 Å². The number of nitrogens with one attached hydrogen (secondary N) is 1. The van der Waals surface area contributed by atoms with Crippen LogP contribution in [0.1, 0.15) is 22.3 Å². The highest BCUT2D eigenvalue weighted by Crippen LogP contribution is 2.25. The van der Waals surface area contributed by atoms with E-state index in [1.54, 1.807) is 6.20 Å². The summed E-state index contributed by atoms with van der Waals surface area (Å²) in [5.74, 6) is 1.84. The lowest BCUT2D eigenvalue weighted by molar-refractivity contribution is 0.302. The molecule has 0 bridgehead atoms. The smallest absolute Gasteiger partial charge is 0.126 e. The molecule has 2 aromatic rings. The Labute approximate surface area is 114 Å². The molecule has 1 aromatic carbocycles. The van der Waals surface area contributed by atoms with Crippen LogP contribution < -0.4 is 10.1 Å². The highest BCUT2D eigenvalue weighted by molar-refractivity contribution is 5.43. The van der Waals surface area contributed by atoms with Crippen LogP contribution in [0.25, 0.3) is 0 Å². The third-order valence-electron chi connectivity index (χ3n) is 3.07. The van der Waals surface area contributed by atoms with Crippen LogP contribution in [0.2, 0.25) is 0 Å². The number of ether oxygens (including phenoxy) is 1. The molecule has 19 heavy (non-hydrogen) atoms. The Kier molecular flexibility index (Phi) is 4.05. The Morgan fingerprint density at radius 2 is 1.79 bits per heavy atom. The Bertz CT molecular complexity index is 556. The SMILES string of the molecule is CNc1cc(COc2c(C)cc(C)cc2C)ccn1. The average molecular weight is 256 g/mol. The van der Waals surface area contributed by atoms with E-state index in [-0.39, 0.29) is 0 Å². The van der Waals surface area contributed by atoms with Gasteiger partial charge in [-0.2, -0.15) is 0 Å². The lowest BCUT2D eigenvalue weighted by Crippen LogP contribution is -2.01. The zero-order valence-electron chi connectivity index (χ0n) is 11.9. The first kappa shape index (κ1) is 13.4. The van der Waals surface area contributed by atoms with Crippen molar-refractivity contribution in [2.24, 2.45) is 0 Å². The lowest BCUT2D eigenvalue weighted by atomic mass is 10.1. The van der Waals surface area contributed by atoms with Gasteiger partial charge in [0.2, 0.25) is 0 Å². The van der Waals surface area contributed by atoms with Crippen LogP contribution in [0, 0.1) is 20.8 Å². The number of aryl methyl sites for hydroxylation is 3. The summed E-state index contributed by atoms with van der Waals surface area (Å²) in [7, 11) is 1.86. The van der Waals surface area contributed by atoms with Gasteiger partial charge in [0.05, 0.1) is 0 Å². The van der Waals surface area contributed by atoms with Gasteiger partial charge in [-0.05, 0) is 49.6 Å². The van der Waals surface area contributed by atoms with E-state index in [1.807, 2.05) is 19.2 Å². The summed E-state index contributed by atoms with van der Waals surface area (Å²) in [6.45, 7) is 6.83. The zero-order chi connectivity index (χ0) is 13.8. The molecule has 0 radical (unpaired) electrons. The number of hydrogen-bond donors (Lipinski definition) is 1. The number of hydrogen-bond acceptors (Lipinski definition) is 3. The van der Waals surface area contributed by atoms with Crippen molar-refractivity contribution >= 4 is 5.82 Å². The van der Waals surface area contributed by atoms with Crippen LogP contribution in [0.3, 0.4) is 0 Å². The van der Waals surface area contributed by atoms with Crippen molar-refractivity contribution in [3.05, 3.63) is 52.7 Å². The Balaban J connectivity index is 2.14. The highest BCUT2D eigenvalue weighted by Gasteiger charge is 2.05. The molecule has 0 aliphatic rings. The van der Waals surface area contributed by atoms with Crippen LogP contribution in [0.5, 0.6) is 5.75 Å². The van der Waals surface area contributed by atoms with Gasteiger partial charge < -0.3 is 10.1 Å². The molecule has 0 atom stereocenters. The number of pyridine rings is 1. The fourth-order valence-electron chi connectivity index (χ4n) is 2.25. The van der Waals surface area contributed by atoms with E-state index in [0.29, 0.717) is 6.61 Å². The quantitative estimate of drug-likeness (QED) is 0.907. The van der Waals surface area contributed by atoms with E-state index in [1.165, 1.54) is 16.7 Å². The van der Waals surface area contributed by atoms with Gasteiger partial charge in [-0.25, -0.2) is 4.98 Å². The lowest BCUT2D eigenvalue weighted by Gasteiger charge is -2.13. The number of nitrogens with zero attached hydrogens (tertiary/aromatic N) is 1. The molecule has 2 rings (SSSR count). The van der Waals surface area contributed by atoms with Crippen LogP contribution in [0.4, 0.5) is 5.82 Å². The van der Waals surface area contributed by atoms with Gasteiger partial charge >= 0.3 is 0 Å². The highest BCUT2D eigenvalue weighted by atomic mass is 16.5. The molecule has 0 saturated heterocycles. The summed E-state index contributed by atoms with van der Waals surface area (Å²) >= 11 is 0. The molecule has 1 heterocycles. The van der Waals surface area contributed by atoms with Gasteiger partial charge in [0.1, 0.15) is 18.2 Å². The molecule has 0 spiro atoms. The number of benzene rings is 1. The van der Waals surface area contributed by atoms with Crippen LogP contribution >= 0.6 is 0 Å². The maximum atomic E-state index is 5.95. The van der Waals surface area contributed by atoms with E-state index in [9.17, 15) is 0 Å². The average Bonchev–Trinajstić information content (AvgIpc) is 2.37. The normalized spacial score (nSPS) is 10.3. The van der Waals surface area contributed by atoms with Crippen molar-refractivity contribution in [3.8, 4) is 5.75 Å². The van der Waals surface area contributed by atoms with Crippen LogP contribution in [-0.2, 0) is 6.61 Å². The number of anilines is 1. The first-order valence-corrected chi connectivity index (χ1v) is 6.43. The predicted octanol–water partition coefficient (Wildman–Crippen LogP) is 3.63. The first-order valence-electron chi connectivity index (χ1n) is 6.43. The van der Waals surface area contributed by atoms with Gasteiger partial charge in [-0.3, -0.25) is 0 Å². The van der Waals surface area contributed by atoms with Crippen molar-refractivity contribution in [2.45, 2.75) is 27.4 Å². The molecule has 3 heteroatoms. The molecule has 0 fully saturated rings. The molecule has 0 aliphatic carbocycles. The Morgan fingerprint density at radius 3 is 2.42 bits per heavy atom. The second kappa shape index (κ2) is 5.74. The molecule has 0 saturated carbocycles. The van der Waals surface area contributed by atoms with Crippen LogP contribution in [0.15, 0.2) is 30.5 Å². The zero-order valence-corrected chi connectivity index (χ0v) is 11.9. The fraction of sp³-hybridized carbons (Fsp3) is 0.312. The van der Waals surface area contributed by atoms with Crippen molar-refractivity contribution in [3.63, 3.8) is 0 Å². The fourth-order valence-corrected chi connectivity index (χ4v) is 2.25. The summed E-state index contributed by atoms with van der Waals surface area (Å²) in [6, 6.07) is 8.26. The third kappa shape index (κ3) is 3.25. The van der Waals surface area contributed by atoms with Crippen molar-refractivity contribution in [1.82, 2.24) is 4.98 Å². The Morgan fingerprint density at radius 1 is 1.11 bits per heavy atom. The second-order valence-corrected chi connectivity index (χ2v) is 4.82. The maximum absolute atomic E-state index is 5.95. The van der Waals surface area contributed by atoms with E-state index >= 15 is 0 Å². The van der Waals surface area contributed by atoms with Gasteiger partial charge in [0.25, 0.3) is 0 Å². The van der Waals surface area contributed by atoms with E-state index in [0.717, 1.165) is 17.1 Å². The van der Waals surface area contributed by atoms with Crippen molar-refractivity contribution in [1.29, 1.82) is 0 Å². The van der Waals surface area contributed by atoms with Gasteiger partial charge in [-0.15, -0.1) is 0 Å². The monoisotopic (exact) mass is 256 g/mol. The first-order chi connectivity index (χ1) is 9.10. The summed E-state index contributed by atoms with van der Waals surface area (Å²) < 4.78 is 5.95. The summed E-state index contributed by atoms with van der Waals surface area (Å²) in [4.78, 5) is 4.19. The summed E-state index contributed by atoms with van der Waals surface area (Å²) in [5.41, 5.74) is 4.74. The topological polar surface area (TPSA) is 34.1 Å². The molecular weight excluding hydrogens is 236 g/mol. The van der Waals surface area contributed by atoms with Gasteiger partial charge in [0, 0.05) is 13.2 Å². The molecule has 1 N–H and O–H groups in total. The predicted molar refractivity (Wildman–Crippen MR) is 78.8 cm³/mol. The standard InChI is InChI=1S/C16H20N2O/c1-11-7-12(2)16(13(3)8-11)19-10-14-5-6-18-15(9-14)17-4/h5-9H,10H2,1-4H3,(H,17,18). The minimum Gasteiger partial charge on any atom is -0.488 e. The van der Waals surface area contributed by atoms with Gasteiger partial charge in [0.15, 0.2) is 0 Å². The minimum atomic E-state index is 0.557. The largest absolute Gasteiger partial charge is 0.488 e. The van der Waals surface area contributed by atoms with Crippen molar-refractivity contribution in [2.75, 3.05) is 12.4 Å². The van der Waals surface area contributed by atoms with Crippen molar-refractivity contribution < 1.29 is 4.74 Å². The number of rotatable bonds is 4. The third-order valence-corrected chi connectivity index (χ3v) is 3.07. The maximum Gasteiger partial charge on any atom is 0.126 e. The Hall–Kier alpha value is -2.03. The molecule has 0 aliphatic heterocycles. The second-order valence-electron chi connectivity index (χ2n) is 4.82. The number of aromatic nitrogens is 1. The summed E-state index contributed by atoms with van der Waals surface area (Å²) in [5, 5.41) is 3.03. The molecule has 0 amide bonds. The summed E-state index contributed by atoms with van der Waals surface area (Å²) in [6.07, 6.45) is 1.79. The van der Waals surface area contributed by atoms with E-state index < -0.39 is 0 Å². The molecule has 3 nitrogen and oxygen atoms in total. The molecular formula is C16H20N2O. The van der Waals surface area contributed by atoms with E-state index in [4.69, 9.17) is 4.74 Å². The molecule has 1 aromatic heterocycles. The molecule has 100 valence electrons. The molecule has 0 unspecified atom stereocenters. The minimum absolute atomic E-state index is 0.557.